The summed E-state index contributed by atoms with van der Waals surface area (Å²) in [5.74, 6) is -2.94. The molecule has 164 valence electrons. The van der Waals surface area contributed by atoms with Crippen molar-refractivity contribution in [3.63, 3.8) is 0 Å². The van der Waals surface area contributed by atoms with Crippen LogP contribution in [0, 0.1) is 30.6 Å². The van der Waals surface area contributed by atoms with Crippen LogP contribution in [0.4, 0.5) is 0 Å². The summed E-state index contributed by atoms with van der Waals surface area (Å²) in [6.45, 7) is 2.68. The Kier molecular flexibility index (Phi) is 9.10. The van der Waals surface area contributed by atoms with Crippen molar-refractivity contribution in [1.29, 1.82) is 0 Å². The summed E-state index contributed by atoms with van der Waals surface area (Å²) in [4.78, 5) is 87.3. The second kappa shape index (κ2) is 11.3. The smallest absolute Gasteiger partial charge is 0.336 e. The van der Waals surface area contributed by atoms with E-state index in [-0.39, 0.29) is 19.3 Å². The highest BCUT2D eigenvalue weighted by atomic mass is 16.7. The Balaban J connectivity index is 2.67. The molecule has 1 aliphatic rings. The Labute approximate surface area is 178 Å². The Morgan fingerprint density at radius 1 is 1.00 bits per heavy atom. The van der Waals surface area contributed by atoms with E-state index >= 15 is 0 Å². The lowest BCUT2D eigenvalue weighted by Gasteiger charge is -2.20. The summed E-state index contributed by atoms with van der Waals surface area (Å²) in [5.41, 5.74) is 0. The summed E-state index contributed by atoms with van der Waals surface area (Å²) in [6.07, 6.45) is 8.85. The minimum Gasteiger partial charge on any atom is -0.345 e. The number of Topliss-reactive ketones (excluding diaryl/α,β-unsaturated/α-hetero) is 2. The molecule has 11 nitrogen and oxygen atoms in total. The number of ketones is 2. The number of nitrogens with zero attached hydrogens (tertiary/aromatic N) is 1. The van der Waals surface area contributed by atoms with E-state index in [2.05, 4.69) is 10.6 Å². The fraction of sp³-hybridized carbons (Fsp3) is 0.450. The van der Waals surface area contributed by atoms with Gasteiger partial charge in [0.05, 0.1) is 12.0 Å². The van der Waals surface area contributed by atoms with Gasteiger partial charge < -0.3 is 15.5 Å². The summed E-state index contributed by atoms with van der Waals surface area (Å²) < 4.78 is 0. The molecule has 2 N–H and O–H groups in total. The number of nitrogens with one attached hydrogen (secondary N) is 2. The molecule has 31 heavy (non-hydrogen) atoms. The van der Waals surface area contributed by atoms with Crippen LogP contribution in [0.2, 0.25) is 0 Å². The first-order chi connectivity index (χ1) is 14.5. The zero-order valence-corrected chi connectivity index (χ0v) is 16.9. The molecule has 0 spiro atoms. The third-order valence-electron chi connectivity index (χ3n) is 4.24. The molecular formula is C20H21N3O8. The lowest BCUT2D eigenvalue weighted by molar-refractivity contribution is -0.200. The molecule has 0 aromatic heterocycles. The van der Waals surface area contributed by atoms with Crippen molar-refractivity contribution in [2.45, 2.75) is 51.6 Å². The Morgan fingerprint density at radius 3 is 2.10 bits per heavy atom. The van der Waals surface area contributed by atoms with Gasteiger partial charge in [0.25, 0.3) is 17.7 Å². The molecule has 0 aliphatic carbocycles. The first-order valence-electron chi connectivity index (χ1n) is 9.17. The van der Waals surface area contributed by atoms with Crippen molar-refractivity contribution in [2.75, 3.05) is 0 Å². The molecule has 1 unspecified atom stereocenters. The molecule has 4 amide bonds. The van der Waals surface area contributed by atoms with Gasteiger partial charge in [-0.3, -0.25) is 28.8 Å². The van der Waals surface area contributed by atoms with Crippen LogP contribution in [0.15, 0.2) is 0 Å². The van der Waals surface area contributed by atoms with Gasteiger partial charge in [0.1, 0.15) is 6.04 Å². The lowest BCUT2D eigenvalue weighted by Crippen LogP contribution is -2.51. The number of imide groups is 1. The third-order valence-corrected chi connectivity index (χ3v) is 4.24. The minimum atomic E-state index is -1.39. The Bertz CT molecular complexity index is 851. The number of terminal acetylenes is 2. The van der Waals surface area contributed by atoms with Crippen molar-refractivity contribution < 1.29 is 38.4 Å². The molecule has 3 atom stereocenters. The van der Waals surface area contributed by atoms with Crippen LogP contribution in [-0.4, -0.2) is 58.3 Å². The maximum atomic E-state index is 12.3. The number of hydroxylamine groups is 2. The van der Waals surface area contributed by atoms with Crippen LogP contribution in [0.5, 0.6) is 0 Å². The molecule has 0 aromatic carbocycles. The molecule has 1 saturated heterocycles. The van der Waals surface area contributed by atoms with Gasteiger partial charge in [0.15, 0.2) is 5.78 Å². The van der Waals surface area contributed by atoms with Crippen LogP contribution >= 0.6 is 0 Å². The Hall–Kier alpha value is -3.99. The number of carbonyl (C=O) groups is 7. The topological polar surface area (TPSA) is 156 Å². The average Bonchev–Trinajstić information content (AvgIpc) is 3.04. The number of hydrogen-bond acceptors (Lipinski definition) is 8. The molecule has 0 radical (unpaired) electrons. The van der Waals surface area contributed by atoms with E-state index < -0.39 is 65.6 Å². The van der Waals surface area contributed by atoms with Gasteiger partial charge >= 0.3 is 5.97 Å². The highest BCUT2D eigenvalue weighted by molar-refractivity contribution is 6.03. The van der Waals surface area contributed by atoms with E-state index in [1.54, 1.807) is 11.8 Å². The molecule has 1 aliphatic heterocycles. The number of hydrogen-bond donors (Lipinski definition) is 2. The SMILES string of the molecule is C#CC(=O)CC(NC(=O)C#C)C(=O)N[C@@H](C)C(=O)C[C@@H](C)C(=O)ON1C(=O)CCC1=O. The van der Waals surface area contributed by atoms with Gasteiger partial charge in [-0.25, -0.2) is 4.79 Å². The van der Waals surface area contributed by atoms with E-state index in [1.807, 2.05) is 0 Å². The van der Waals surface area contributed by atoms with E-state index in [0.29, 0.717) is 5.06 Å². The zero-order valence-electron chi connectivity index (χ0n) is 16.9. The first-order valence-corrected chi connectivity index (χ1v) is 9.17. The van der Waals surface area contributed by atoms with Crippen LogP contribution in [0.3, 0.4) is 0 Å². The quantitative estimate of drug-likeness (QED) is 0.238. The standard InChI is InChI=1S/C20H21N3O8/c1-5-13(24)10-14(22-16(26)6-2)19(29)21-12(4)15(25)9-11(3)20(30)31-23-17(27)7-8-18(23)28/h1-2,11-12,14H,7-10H2,3-4H3,(H,21,29)(H,22,26)/t11-,12+,14?/m1/s1. The zero-order chi connectivity index (χ0) is 23.7. The molecule has 1 fully saturated rings. The fourth-order valence-corrected chi connectivity index (χ4v) is 2.45. The number of rotatable bonds is 10. The van der Waals surface area contributed by atoms with Crippen LogP contribution in [0.1, 0.15) is 39.5 Å². The minimum absolute atomic E-state index is 0.0674. The van der Waals surface area contributed by atoms with Crippen LogP contribution in [0.25, 0.3) is 0 Å². The van der Waals surface area contributed by atoms with Crippen LogP contribution in [-0.2, 0) is 38.4 Å². The highest BCUT2D eigenvalue weighted by Gasteiger charge is 2.35. The lowest BCUT2D eigenvalue weighted by atomic mass is 10.0. The third kappa shape index (κ3) is 7.40. The maximum absolute atomic E-state index is 12.3. The molecule has 11 heteroatoms. The second-order valence-electron chi connectivity index (χ2n) is 6.74. The summed E-state index contributed by atoms with van der Waals surface area (Å²) in [5, 5.41) is 4.80. The van der Waals surface area contributed by atoms with Gasteiger partial charge in [-0.05, 0) is 18.8 Å². The first kappa shape index (κ1) is 25.0. The summed E-state index contributed by atoms with van der Waals surface area (Å²) >= 11 is 0. The van der Waals surface area contributed by atoms with Crippen molar-refractivity contribution in [3.8, 4) is 24.7 Å². The maximum Gasteiger partial charge on any atom is 0.336 e. The van der Waals surface area contributed by atoms with Crippen molar-refractivity contribution in [1.82, 2.24) is 15.7 Å². The van der Waals surface area contributed by atoms with Gasteiger partial charge in [-0.2, -0.15) is 0 Å². The molecule has 1 heterocycles. The van der Waals surface area contributed by atoms with Crippen molar-refractivity contribution >= 4 is 41.2 Å². The number of carbonyl (C=O) groups excluding carboxylic acids is 7. The van der Waals surface area contributed by atoms with Gasteiger partial charge in [0.2, 0.25) is 11.7 Å². The average molecular weight is 431 g/mol. The van der Waals surface area contributed by atoms with E-state index in [0.717, 1.165) is 0 Å². The predicted molar refractivity (Wildman–Crippen MR) is 103 cm³/mol. The predicted octanol–water partition coefficient (Wildman–Crippen LogP) is -1.60. The second-order valence-corrected chi connectivity index (χ2v) is 6.74. The summed E-state index contributed by atoms with van der Waals surface area (Å²) in [7, 11) is 0. The normalized spacial score (nSPS) is 15.7. The molecule has 0 bridgehead atoms. The number of amides is 4. The van der Waals surface area contributed by atoms with Crippen LogP contribution < -0.4 is 10.6 Å². The Morgan fingerprint density at radius 2 is 1.58 bits per heavy atom. The molecular weight excluding hydrogens is 410 g/mol. The monoisotopic (exact) mass is 431 g/mol. The highest BCUT2D eigenvalue weighted by Crippen LogP contribution is 2.15. The van der Waals surface area contributed by atoms with E-state index in [4.69, 9.17) is 17.7 Å². The molecule has 1 rings (SSSR count). The largest absolute Gasteiger partial charge is 0.345 e. The van der Waals surface area contributed by atoms with E-state index in [1.165, 1.54) is 13.8 Å². The van der Waals surface area contributed by atoms with Gasteiger partial charge in [-0.1, -0.05) is 6.92 Å². The van der Waals surface area contributed by atoms with Gasteiger partial charge in [-0.15, -0.1) is 17.9 Å². The van der Waals surface area contributed by atoms with Crippen molar-refractivity contribution in [3.05, 3.63) is 0 Å². The van der Waals surface area contributed by atoms with Crippen molar-refractivity contribution in [2.24, 2.45) is 5.92 Å². The van der Waals surface area contributed by atoms with Gasteiger partial charge in [0, 0.05) is 25.7 Å². The van der Waals surface area contributed by atoms with E-state index in [9.17, 15) is 33.6 Å². The molecule has 0 aromatic rings. The molecule has 0 saturated carbocycles. The fourth-order valence-electron chi connectivity index (χ4n) is 2.45. The summed E-state index contributed by atoms with van der Waals surface area (Å²) in [6, 6.07) is -2.50.